The number of hydrogen-bond acceptors (Lipinski definition) is 4. The van der Waals surface area contributed by atoms with Crippen molar-refractivity contribution in [3.8, 4) is 5.75 Å². The minimum absolute atomic E-state index is 0.0105. The second-order valence-electron chi connectivity index (χ2n) is 8.32. The summed E-state index contributed by atoms with van der Waals surface area (Å²) >= 11 is 0. The fraction of sp³-hybridized carbons (Fsp3) is 0.458. The first-order valence-corrected chi connectivity index (χ1v) is 12.4. The highest BCUT2D eigenvalue weighted by Gasteiger charge is 2.34. The van der Waals surface area contributed by atoms with Gasteiger partial charge in [-0.15, -0.1) is 0 Å². The van der Waals surface area contributed by atoms with Gasteiger partial charge in [0, 0.05) is 25.7 Å². The van der Waals surface area contributed by atoms with Crippen LogP contribution in [-0.4, -0.2) is 38.8 Å². The molecule has 0 aliphatic carbocycles. The van der Waals surface area contributed by atoms with E-state index in [4.69, 9.17) is 4.74 Å². The molecule has 2 heterocycles. The SMILES string of the molecule is COc1ccc(C2CCCCCN2S(=O)(=O)c2ccc3c(c2)CCCN3C(C)=O)cc1. The van der Waals surface area contributed by atoms with Crippen molar-refractivity contribution in [2.75, 3.05) is 25.1 Å². The van der Waals surface area contributed by atoms with E-state index in [1.165, 1.54) is 0 Å². The summed E-state index contributed by atoms with van der Waals surface area (Å²) in [5.41, 5.74) is 2.76. The van der Waals surface area contributed by atoms with Crippen molar-refractivity contribution in [3.63, 3.8) is 0 Å². The smallest absolute Gasteiger partial charge is 0.243 e. The number of hydrogen-bond donors (Lipinski definition) is 0. The average Bonchev–Trinajstić information content (AvgIpc) is 3.05. The van der Waals surface area contributed by atoms with Crippen LogP contribution in [-0.2, 0) is 21.2 Å². The molecule has 0 aromatic heterocycles. The van der Waals surface area contributed by atoms with Crippen LogP contribution in [0.4, 0.5) is 5.69 Å². The molecule has 0 saturated carbocycles. The molecule has 4 rings (SSSR count). The van der Waals surface area contributed by atoms with E-state index < -0.39 is 10.0 Å². The Labute approximate surface area is 184 Å². The van der Waals surface area contributed by atoms with E-state index in [1.807, 2.05) is 24.3 Å². The van der Waals surface area contributed by atoms with E-state index in [0.717, 1.165) is 61.1 Å². The van der Waals surface area contributed by atoms with E-state index in [0.29, 0.717) is 18.0 Å². The average molecular weight is 443 g/mol. The van der Waals surface area contributed by atoms with Crippen molar-refractivity contribution in [1.29, 1.82) is 0 Å². The molecule has 31 heavy (non-hydrogen) atoms. The zero-order valence-electron chi connectivity index (χ0n) is 18.2. The van der Waals surface area contributed by atoms with Gasteiger partial charge in [0.15, 0.2) is 0 Å². The fourth-order valence-corrected chi connectivity index (χ4v) is 6.46. The van der Waals surface area contributed by atoms with Gasteiger partial charge in [0.2, 0.25) is 15.9 Å². The Morgan fingerprint density at radius 2 is 1.77 bits per heavy atom. The molecule has 166 valence electrons. The number of carbonyl (C=O) groups is 1. The summed E-state index contributed by atoms with van der Waals surface area (Å²) in [5.74, 6) is 0.750. The van der Waals surface area contributed by atoms with Crippen LogP contribution in [0.2, 0.25) is 0 Å². The van der Waals surface area contributed by atoms with Crippen molar-refractivity contribution in [2.24, 2.45) is 0 Å². The van der Waals surface area contributed by atoms with Crippen LogP contribution in [0.1, 0.15) is 56.2 Å². The number of benzene rings is 2. The van der Waals surface area contributed by atoms with Crippen LogP contribution in [0.5, 0.6) is 5.75 Å². The first-order chi connectivity index (χ1) is 14.9. The van der Waals surface area contributed by atoms with Gasteiger partial charge in [-0.2, -0.15) is 4.31 Å². The number of carbonyl (C=O) groups excluding carboxylic acids is 1. The standard InChI is InChI=1S/C24H30N2O4S/c1-18(27)25-15-6-7-20-17-22(13-14-23(20)25)31(28,29)26-16-5-3-4-8-24(26)19-9-11-21(30-2)12-10-19/h9-14,17,24H,3-8,15-16H2,1-2H3. The predicted molar refractivity (Wildman–Crippen MR) is 121 cm³/mol. The largest absolute Gasteiger partial charge is 0.497 e. The maximum Gasteiger partial charge on any atom is 0.243 e. The third-order valence-corrected chi connectivity index (χ3v) is 8.26. The summed E-state index contributed by atoms with van der Waals surface area (Å²) in [5, 5.41) is 0. The number of ether oxygens (including phenoxy) is 1. The first kappa shape index (κ1) is 21.8. The van der Waals surface area contributed by atoms with Crippen LogP contribution in [0, 0.1) is 0 Å². The van der Waals surface area contributed by atoms with Crippen LogP contribution < -0.4 is 9.64 Å². The molecule has 2 aromatic rings. The normalized spacial score (nSPS) is 20.1. The molecule has 7 heteroatoms. The number of rotatable bonds is 4. The lowest BCUT2D eigenvalue weighted by molar-refractivity contribution is -0.116. The van der Waals surface area contributed by atoms with E-state index >= 15 is 0 Å². The molecule has 1 unspecified atom stereocenters. The Morgan fingerprint density at radius 3 is 2.48 bits per heavy atom. The van der Waals surface area contributed by atoms with Gasteiger partial charge < -0.3 is 9.64 Å². The van der Waals surface area contributed by atoms with Crippen molar-refractivity contribution in [2.45, 2.75) is 56.4 Å². The molecule has 1 amide bonds. The Morgan fingerprint density at radius 1 is 1.00 bits per heavy atom. The summed E-state index contributed by atoms with van der Waals surface area (Å²) in [6.07, 6.45) is 5.30. The molecule has 0 spiro atoms. The topological polar surface area (TPSA) is 66.9 Å². The van der Waals surface area contributed by atoms with E-state index in [-0.39, 0.29) is 11.9 Å². The molecule has 2 aliphatic rings. The lowest BCUT2D eigenvalue weighted by Crippen LogP contribution is -2.36. The number of aryl methyl sites for hydroxylation is 1. The second kappa shape index (κ2) is 9.01. The number of nitrogens with zero attached hydrogens (tertiary/aromatic N) is 2. The van der Waals surface area contributed by atoms with E-state index in [2.05, 4.69) is 0 Å². The third kappa shape index (κ3) is 4.34. The highest BCUT2D eigenvalue weighted by atomic mass is 32.2. The molecule has 1 atom stereocenters. The number of sulfonamides is 1. The van der Waals surface area contributed by atoms with Gasteiger partial charge >= 0.3 is 0 Å². The Balaban J connectivity index is 1.70. The Bertz CT molecular complexity index is 1050. The van der Waals surface area contributed by atoms with Crippen molar-refractivity contribution in [3.05, 3.63) is 53.6 Å². The maximum absolute atomic E-state index is 13.8. The van der Waals surface area contributed by atoms with E-state index in [1.54, 1.807) is 41.4 Å². The van der Waals surface area contributed by atoms with Gasteiger partial charge in [-0.1, -0.05) is 25.0 Å². The Kier molecular flexibility index (Phi) is 6.34. The molecule has 0 bridgehead atoms. The minimum atomic E-state index is -3.67. The number of anilines is 1. The maximum atomic E-state index is 13.8. The molecule has 1 saturated heterocycles. The van der Waals surface area contributed by atoms with Crippen molar-refractivity contribution >= 4 is 21.6 Å². The fourth-order valence-electron chi connectivity index (χ4n) is 4.73. The summed E-state index contributed by atoms with van der Waals surface area (Å²) in [4.78, 5) is 14.0. The summed E-state index contributed by atoms with van der Waals surface area (Å²) in [6.45, 7) is 2.74. The third-order valence-electron chi connectivity index (χ3n) is 6.36. The molecular formula is C24H30N2O4S. The molecule has 2 aliphatic heterocycles. The van der Waals surface area contributed by atoms with Crippen molar-refractivity contribution < 1.29 is 17.9 Å². The summed E-state index contributed by atoms with van der Waals surface area (Å²) in [6, 6.07) is 12.7. The summed E-state index contributed by atoms with van der Waals surface area (Å²) < 4.78 is 34.5. The van der Waals surface area contributed by atoms with Gasteiger partial charge in [-0.25, -0.2) is 8.42 Å². The highest BCUT2D eigenvalue weighted by Crippen LogP contribution is 2.37. The first-order valence-electron chi connectivity index (χ1n) is 11.0. The van der Waals surface area contributed by atoms with Crippen LogP contribution in [0.25, 0.3) is 0 Å². The zero-order chi connectivity index (χ0) is 22.0. The molecular weight excluding hydrogens is 412 g/mol. The number of amides is 1. The van der Waals surface area contributed by atoms with Gasteiger partial charge in [-0.3, -0.25) is 4.79 Å². The number of fused-ring (bicyclic) bond motifs is 1. The zero-order valence-corrected chi connectivity index (χ0v) is 19.0. The molecule has 0 N–H and O–H groups in total. The monoisotopic (exact) mass is 442 g/mol. The summed E-state index contributed by atoms with van der Waals surface area (Å²) in [7, 11) is -2.05. The minimum Gasteiger partial charge on any atom is -0.497 e. The molecule has 1 fully saturated rings. The van der Waals surface area contributed by atoms with Gasteiger partial charge in [0.25, 0.3) is 0 Å². The highest BCUT2D eigenvalue weighted by molar-refractivity contribution is 7.89. The predicted octanol–water partition coefficient (Wildman–Crippen LogP) is 4.30. The van der Waals surface area contributed by atoms with Gasteiger partial charge in [-0.05, 0) is 67.1 Å². The van der Waals surface area contributed by atoms with Crippen LogP contribution in [0.3, 0.4) is 0 Å². The lowest BCUT2D eigenvalue weighted by Gasteiger charge is -2.31. The van der Waals surface area contributed by atoms with Gasteiger partial charge in [0.1, 0.15) is 5.75 Å². The lowest BCUT2D eigenvalue weighted by atomic mass is 10.0. The molecule has 0 radical (unpaired) electrons. The van der Waals surface area contributed by atoms with Gasteiger partial charge in [0.05, 0.1) is 18.0 Å². The number of methoxy groups -OCH3 is 1. The Hall–Kier alpha value is -2.38. The van der Waals surface area contributed by atoms with E-state index in [9.17, 15) is 13.2 Å². The molecule has 6 nitrogen and oxygen atoms in total. The van der Waals surface area contributed by atoms with Crippen LogP contribution >= 0.6 is 0 Å². The van der Waals surface area contributed by atoms with Crippen LogP contribution in [0.15, 0.2) is 47.4 Å². The quantitative estimate of drug-likeness (QED) is 0.708. The van der Waals surface area contributed by atoms with Crippen molar-refractivity contribution in [1.82, 2.24) is 4.31 Å². The second-order valence-corrected chi connectivity index (χ2v) is 10.2. The molecule has 2 aromatic carbocycles.